The number of aryl methyl sites for hydroxylation is 1. The predicted octanol–water partition coefficient (Wildman–Crippen LogP) is 3.52. The van der Waals surface area contributed by atoms with E-state index in [0.29, 0.717) is 12.6 Å². The number of nitrogens with one attached hydrogen (secondary N) is 2. The second kappa shape index (κ2) is 7.56. The number of ether oxygens (including phenoxy) is 1. The first-order valence-corrected chi connectivity index (χ1v) is 8.35. The zero-order chi connectivity index (χ0) is 15.2. The maximum atomic E-state index is 5.56. The molecule has 0 unspecified atom stereocenters. The molecule has 0 spiro atoms. The van der Waals surface area contributed by atoms with E-state index >= 15 is 0 Å². The molecule has 2 N–H and O–H groups in total. The van der Waals surface area contributed by atoms with Gasteiger partial charge in [-0.25, -0.2) is 4.98 Å². The average molecular weight is 308 g/mol. The molecule has 0 saturated carbocycles. The van der Waals surface area contributed by atoms with Crippen molar-refractivity contribution in [2.24, 2.45) is 0 Å². The summed E-state index contributed by atoms with van der Waals surface area (Å²) in [5.41, 5.74) is 0. The third-order valence-corrected chi connectivity index (χ3v) is 4.15. The molecule has 0 radical (unpaired) electrons. The molecule has 0 bridgehead atoms. The van der Waals surface area contributed by atoms with Gasteiger partial charge < -0.3 is 15.4 Å². The summed E-state index contributed by atoms with van der Waals surface area (Å²) in [5, 5.41) is 7.66. The summed E-state index contributed by atoms with van der Waals surface area (Å²) in [6.07, 6.45) is 1.27. The van der Waals surface area contributed by atoms with E-state index in [4.69, 9.17) is 4.74 Å². The molecule has 5 nitrogen and oxygen atoms in total. The summed E-state index contributed by atoms with van der Waals surface area (Å²) >= 11 is 1.73. The van der Waals surface area contributed by atoms with E-state index in [1.165, 1.54) is 4.88 Å². The molecule has 0 fully saturated rings. The number of hydrogen-bond acceptors (Lipinski definition) is 6. The van der Waals surface area contributed by atoms with Gasteiger partial charge >= 0.3 is 0 Å². The van der Waals surface area contributed by atoms with Crippen LogP contribution in [0.1, 0.15) is 32.6 Å². The summed E-state index contributed by atoms with van der Waals surface area (Å²) in [5.74, 6) is 1.57. The highest BCUT2D eigenvalue weighted by molar-refractivity contribution is 7.18. The lowest BCUT2D eigenvalue weighted by atomic mass is 10.3. The molecule has 2 aromatic rings. The first-order valence-electron chi connectivity index (χ1n) is 7.53. The fraction of sp³-hybridized carbons (Fsp3) is 0.600. The minimum atomic E-state index is 0.252. The zero-order valence-corrected chi connectivity index (χ0v) is 14.0. The van der Waals surface area contributed by atoms with Gasteiger partial charge in [-0.1, -0.05) is 6.92 Å². The SMILES string of the molecule is CCNc1nc(NCCOC(C)C)c2cc(CC)sc2n1. The number of nitrogens with zero attached hydrogens (tertiary/aromatic N) is 2. The largest absolute Gasteiger partial charge is 0.377 e. The summed E-state index contributed by atoms with van der Waals surface area (Å²) < 4.78 is 5.56. The first-order chi connectivity index (χ1) is 10.1. The van der Waals surface area contributed by atoms with Crippen molar-refractivity contribution in [3.63, 3.8) is 0 Å². The lowest BCUT2D eigenvalue weighted by Crippen LogP contribution is -2.14. The molecule has 0 aliphatic rings. The van der Waals surface area contributed by atoms with Gasteiger partial charge in [0.15, 0.2) is 0 Å². The molecule has 0 aliphatic heterocycles. The van der Waals surface area contributed by atoms with E-state index in [2.05, 4.69) is 33.6 Å². The molecule has 6 heteroatoms. The Morgan fingerprint density at radius 3 is 2.71 bits per heavy atom. The van der Waals surface area contributed by atoms with Crippen LogP contribution in [0.4, 0.5) is 11.8 Å². The summed E-state index contributed by atoms with van der Waals surface area (Å²) in [7, 11) is 0. The second-order valence-corrected chi connectivity index (χ2v) is 6.17. The van der Waals surface area contributed by atoms with Gasteiger partial charge in [0.1, 0.15) is 10.6 Å². The monoisotopic (exact) mass is 308 g/mol. The van der Waals surface area contributed by atoms with E-state index in [1.807, 2.05) is 20.8 Å². The smallest absolute Gasteiger partial charge is 0.226 e. The normalized spacial score (nSPS) is 11.3. The molecule has 2 aromatic heterocycles. The van der Waals surface area contributed by atoms with Crippen LogP contribution < -0.4 is 10.6 Å². The third kappa shape index (κ3) is 4.28. The minimum absolute atomic E-state index is 0.252. The molecule has 0 saturated heterocycles. The van der Waals surface area contributed by atoms with Gasteiger partial charge in [0.2, 0.25) is 5.95 Å². The van der Waals surface area contributed by atoms with Crippen LogP contribution in [-0.4, -0.2) is 35.8 Å². The maximum Gasteiger partial charge on any atom is 0.226 e. The Bertz CT molecular complexity index is 582. The van der Waals surface area contributed by atoms with Crippen LogP contribution in [0.25, 0.3) is 10.2 Å². The molecule has 0 amide bonds. The van der Waals surface area contributed by atoms with Crippen LogP contribution in [0.2, 0.25) is 0 Å². The van der Waals surface area contributed by atoms with E-state index in [-0.39, 0.29) is 6.10 Å². The number of anilines is 2. The average Bonchev–Trinajstić information content (AvgIpc) is 2.86. The van der Waals surface area contributed by atoms with Crippen molar-refractivity contribution in [3.05, 3.63) is 10.9 Å². The van der Waals surface area contributed by atoms with E-state index in [9.17, 15) is 0 Å². The van der Waals surface area contributed by atoms with Gasteiger partial charge in [0, 0.05) is 18.0 Å². The first kappa shape index (κ1) is 16.0. The highest BCUT2D eigenvalue weighted by atomic mass is 32.1. The highest BCUT2D eigenvalue weighted by Gasteiger charge is 2.11. The molecule has 21 heavy (non-hydrogen) atoms. The lowest BCUT2D eigenvalue weighted by Gasteiger charge is -2.11. The standard InChI is InChI=1S/C15H24N4OS/c1-5-11-9-12-13(17-7-8-20-10(3)4)18-15(16-6-2)19-14(12)21-11/h9-10H,5-8H2,1-4H3,(H2,16,17,18,19). The van der Waals surface area contributed by atoms with Crippen molar-refractivity contribution < 1.29 is 4.74 Å². The molecule has 2 heterocycles. The third-order valence-electron chi connectivity index (χ3n) is 2.97. The minimum Gasteiger partial charge on any atom is -0.377 e. The Labute approximate surface area is 130 Å². The van der Waals surface area contributed by atoms with Crippen molar-refractivity contribution in [1.29, 1.82) is 0 Å². The Balaban J connectivity index is 2.19. The molecule has 116 valence electrons. The second-order valence-electron chi connectivity index (χ2n) is 5.06. The molecular weight excluding hydrogens is 284 g/mol. The van der Waals surface area contributed by atoms with Crippen LogP contribution >= 0.6 is 11.3 Å². The number of hydrogen-bond donors (Lipinski definition) is 2. The van der Waals surface area contributed by atoms with Gasteiger partial charge in [-0.05, 0) is 33.3 Å². The molecule has 2 rings (SSSR count). The quantitative estimate of drug-likeness (QED) is 0.731. The van der Waals surface area contributed by atoms with Crippen LogP contribution in [-0.2, 0) is 11.2 Å². The van der Waals surface area contributed by atoms with Gasteiger partial charge in [0.05, 0.1) is 18.1 Å². The number of fused-ring (bicyclic) bond motifs is 1. The van der Waals surface area contributed by atoms with Crippen LogP contribution in [0.3, 0.4) is 0 Å². The molecular formula is C15H24N4OS. The lowest BCUT2D eigenvalue weighted by molar-refractivity contribution is 0.0870. The number of rotatable bonds is 8. The Kier molecular flexibility index (Phi) is 5.76. The Morgan fingerprint density at radius 1 is 1.24 bits per heavy atom. The fourth-order valence-corrected chi connectivity index (χ4v) is 2.95. The Hall–Kier alpha value is -1.40. The zero-order valence-electron chi connectivity index (χ0n) is 13.2. The predicted molar refractivity (Wildman–Crippen MR) is 90.5 cm³/mol. The van der Waals surface area contributed by atoms with Crippen molar-refractivity contribution in [2.45, 2.75) is 40.2 Å². The molecule has 0 aromatic carbocycles. The van der Waals surface area contributed by atoms with Crippen molar-refractivity contribution in [1.82, 2.24) is 9.97 Å². The summed E-state index contributed by atoms with van der Waals surface area (Å²) in [6.45, 7) is 10.5. The van der Waals surface area contributed by atoms with E-state index in [1.54, 1.807) is 11.3 Å². The van der Waals surface area contributed by atoms with Gasteiger partial charge in [0.25, 0.3) is 0 Å². The van der Waals surface area contributed by atoms with Gasteiger partial charge in [-0.2, -0.15) is 4.98 Å². The van der Waals surface area contributed by atoms with E-state index < -0.39 is 0 Å². The van der Waals surface area contributed by atoms with Crippen LogP contribution in [0, 0.1) is 0 Å². The van der Waals surface area contributed by atoms with Crippen molar-refractivity contribution in [3.8, 4) is 0 Å². The van der Waals surface area contributed by atoms with E-state index in [0.717, 1.165) is 35.5 Å². The summed E-state index contributed by atoms with van der Waals surface area (Å²) in [4.78, 5) is 11.5. The summed E-state index contributed by atoms with van der Waals surface area (Å²) in [6, 6.07) is 2.18. The fourth-order valence-electron chi connectivity index (χ4n) is 1.98. The van der Waals surface area contributed by atoms with Crippen LogP contribution in [0.5, 0.6) is 0 Å². The number of aromatic nitrogens is 2. The van der Waals surface area contributed by atoms with Crippen LogP contribution in [0.15, 0.2) is 6.07 Å². The van der Waals surface area contributed by atoms with Crippen molar-refractivity contribution >= 4 is 33.3 Å². The highest BCUT2D eigenvalue weighted by Crippen LogP contribution is 2.30. The maximum absolute atomic E-state index is 5.56. The Morgan fingerprint density at radius 2 is 2.05 bits per heavy atom. The topological polar surface area (TPSA) is 59.1 Å². The number of thiophene rings is 1. The molecule has 0 atom stereocenters. The van der Waals surface area contributed by atoms with Gasteiger partial charge in [-0.15, -0.1) is 11.3 Å². The van der Waals surface area contributed by atoms with Gasteiger partial charge in [-0.3, -0.25) is 0 Å². The molecule has 0 aliphatic carbocycles. The van der Waals surface area contributed by atoms with Crippen molar-refractivity contribution in [2.75, 3.05) is 30.3 Å².